The minimum Gasteiger partial charge on any atom is -0.492 e. The number of piperidine rings is 1. The SMILES string of the molecule is CCc1nc2sc([C@@H](c3cccc(F)c3)N3CCC(O)CC3)c(O)n2n1. The third-order valence-electron chi connectivity index (χ3n) is 4.84. The van der Waals surface area contributed by atoms with Crippen LogP contribution >= 0.6 is 11.3 Å². The summed E-state index contributed by atoms with van der Waals surface area (Å²) in [5, 5.41) is 24.9. The predicted octanol–water partition coefficient (Wildman–Crippen LogP) is 2.74. The second kappa shape index (κ2) is 6.94. The Morgan fingerprint density at radius 3 is 2.77 bits per heavy atom. The summed E-state index contributed by atoms with van der Waals surface area (Å²) in [5.74, 6) is 0.427. The average molecular weight is 376 g/mol. The molecule has 0 bridgehead atoms. The first-order valence-electron chi connectivity index (χ1n) is 8.81. The number of thiazole rings is 1. The van der Waals surface area contributed by atoms with Crippen molar-refractivity contribution in [1.82, 2.24) is 19.5 Å². The van der Waals surface area contributed by atoms with Gasteiger partial charge in [0.25, 0.3) is 0 Å². The van der Waals surface area contributed by atoms with E-state index in [0.29, 0.717) is 48.0 Å². The van der Waals surface area contributed by atoms with Gasteiger partial charge in [0.2, 0.25) is 10.8 Å². The molecular formula is C18H21FN4O2S. The summed E-state index contributed by atoms with van der Waals surface area (Å²) in [7, 11) is 0. The van der Waals surface area contributed by atoms with Crippen LogP contribution in [0.4, 0.5) is 4.39 Å². The molecule has 1 aliphatic rings. The van der Waals surface area contributed by atoms with Gasteiger partial charge in [0.15, 0.2) is 5.82 Å². The zero-order valence-corrected chi connectivity index (χ0v) is 15.3. The second-order valence-electron chi connectivity index (χ2n) is 6.59. The van der Waals surface area contributed by atoms with Crippen molar-refractivity contribution in [2.24, 2.45) is 0 Å². The molecule has 8 heteroatoms. The smallest absolute Gasteiger partial charge is 0.230 e. The number of aliphatic hydroxyl groups is 1. The summed E-state index contributed by atoms with van der Waals surface area (Å²) in [6.45, 7) is 3.32. The molecule has 1 saturated heterocycles. The van der Waals surface area contributed by atoms with E-state index in [1.54, 1.807) is 6.07 Å². The van der Waals surface area contributed by atoms with Gasteiger partial charge in [0.05, 0.1) is 17.0 Å². The minimum atomic E-state index is -0.309. The average Bonchev–Trinajstić information content (AvgIpc) is 3.17. The van der Waals surface area contributed by atoms with E-state index in [9.17, 15) is 14.6 Å². The van der Waals surface area contributed by atoms with Gasteiger partial charge in [-0.25, -0.2) is 9.37 Å². The number of nitrogens with zero attached hydrogens (tertiary/aromatic N) is 4. The number of halogens is 1. The van der Waals surface area contributed by atoms with E-state index in [2.05, 4.69) is 15.0 Å². The molecule has 26 heavy (non-hydrogen) atoms. The highest BCUT2D eigenvalue weighted by Crippen LogP contribution is 2.41. The van der Waals surface area contributed by atoms with Crippen LogP contribution in [0.2, 0.25) is 0 Å². The number of fused-ring (bicyclic) bond motifs is 1. The van der Waals surface area contributed by atoms with E-state index in [1.807, 2.05) is 13.0 Å². The molecule has 1 atom stereocenters. The molecule has 138 valence electrons. The highest BCUT2D eigenvalue weighted by molar-refractivity contribution is 7.17. The van der Waals surface area contributed by atoms with E-state index in [0.717, 1.165) is 5.56 Å². The highest BCUT2D eigenvalue weighted by Gasteiger charge is 2.32. The van der Waals surface area contributed by atoms with Gasteiger partial charge in [0, 0.05) is 19.5 Å². The van der Waals surface area contributed by atoms with Gasteiger partial charge in [-0.1, -0.05) is 30.4 Å². The van der Waals surface area contributed by atoms with E-state index in [-0.39, 0.29) is 23.8 Å². The second-order valence-corrected chi connectivity index (χ2v) is 7.60. The number of benzene rings is 1. The van der Waals surface area contributed by atoms with E-state index in [1.165, 1.54) is 28.0 Å². The maximum atomic E-state index is 13.9. The van der Waals surface area contributed by atoms with Crippen LogP contribution in [-0.4, -0.2) is 48.9 Å². The quantitative estimate of drug-likeness (QED) is 0.732. The van der Waals surface area contributed by atoms with Crippen molar-refractivity contribution in [3.63, 3.8) is 0 Å². The number of hydrogen-bond donors (Lipinski definition) is 2. The normalized spacial score (nSPS) is 17.8. The van der Waals surface area contributed by atoms with Crippen molar-refractivity contribution in [3.8, 4) is 5.88 Å². The van der Waals surface area contributed by atoms with Gasteiger partial charge in [-0.15, -0.1) is 5.10 Å². The topological polar surface area (TPSA) is 73.9 Å². The van der Waals surface area contributed by atoms with E-state index in [4.69, 9.17) is 0 Å². The fourth-order valence-electron chi connectivity index (χ4n) is 3.47. The lowest BCUT2D eigenvalue weighted by Gasteiger charge is -2.36. The highest BCUT2D eigenvalue weighted by atomic mass is 32.1. The lowest BCUT2D eigenvalue weighted by atomic mass is 9.99. The fraction of sp³-hybridized carbons (Fsp3) is 0.444. The minimum absolute atomic E-state index is 0.0533. The molecule has 1 fully saturated rings. The summed E-state index contributed by atoms with van der Waals surface area (Å²) in [5.41, 5.74) is 0.775. The Balaban J connectivity index is 1.79. The molecule has 6 nitrogen and oxygen atoms in total. The zero-order chi connectivity index (χ0) is 18.3. The van der Waals surface area contributed by atoms with Crippen LogP contribution in [0.5, 0.6) is 5.88 Å². The Hall–Kier alpha value is -2.03. The number of rotatable bonds is 4. The van der Waals surface area contributed by atoms with Crippen molar-refractivity contribution >= 4 is 16.3 Å². The molecule has 0 radical (unpaired) electrons. The number of aryl methyl sites for hydroxylation is 1. The Kier molecular flexibility index (Phi) is 4.64. The molecule has 0 spiro atoms. The first kappa shape index (κ1) is 17.4. The van der Waals surface area contributed by atoms with Gasteiger partial charge < -0.3 is 10.2 Å². The largest absolute Gasteiger partial charge is 0.492 e. The van der Waals surface area contributed by atoms with E-state index < -0.39 is 0 Å². The molecule has 3 aromatic rings. The molecule has 0 aliphatic carbocycles. The van der Waals surface area contributed by atoms with Crippen LogP contribution in [0.15, 0.2) is 24.3 Å². The first-order valence-corrected chi connectivity index (χ1v) is 9.63. The number of aromatic nitrogens is 3. The summed E-state index contributed by atoms with van der Waals surface area (Å²) in [6, 6.07) is 6.17. The van der Waals surface area contributed by atoms with Crippen LogP contribution in [0.25, 0.3) is 4.96 Å². The van der Waals surface area contributed by atoms with Crippen LogP contribution in [0.1, 0.15) is 42.1 Å². The Morgan fingerprint density at radius 1 is 1.35 bits per heavy atom. The molecule has 1 aliphatic heterocycles. The van der Waals surface area contributed by atoms with E-state index >= 15 is 0 Å². The summed E-state index contributed by atoms with van der Waals surface area (Å²) >= 11 is 1.38. The third-order valence-corrected chi connectivity index (χ3v) is 5.91. The molecule has 2 N–H and O–H groups in total. The molecule has 0 saturated carbocycles. The Labute approximate surface area is 154 Å². The van der Waals surface area contributed by atoms with Gasteiger partial charge in [-0.2, -0.15) is 4.52 Å². The van der Waals surface area contributed by atoms with Crippen LogP contribution in [0, 0.1) is 5.82 Å². The number of likely N-dealkylation sites (tertiary alicyclic amines) is 1. The predicted molar refractivity (Wildman–Crippen MR) is 97.0 cm³/mol. The van der Waals surface area contributed by atoms with Crippen LogP contribution in [-0.2, 0) is 6.42 Å². The summed E-state index contributed by atoms with van der Waals surface area (Å²) in [6.07, 6.45) is 1.71. The number of aliphatic hydroxyl groups excluding tert-OH is 1. The maximum Gasteiger partial charge on any atom is 0.230 e. The summed E-state index contributed by atoms with van der Waals surface area (Å²) in [4.78, 5) is 7.95. The number of aromatic hydroxyl groups is 1. The van der Waals surface area contributed by atoms with Crippen molar-refractivity contribution in [2.75, 3.05) is 13.1 Å². The van der Waals surface area contributed by atoms with Gasteiger partial charge >= 0.3 is 0 Å². The zero-order valence-electron chi connectivity index (χ0n) is 14.5. The monoisotopic (exact) mass is 376 g/mol. The van der Waals surface area contributed by atoms with Crippen molar-refractivity contribution < 1.29 is 14.6 Å². The molecule has 0 amide bonds. The summed E-state index contributed by atoms with van der Waals surface area (Å²) < 4.78 is 15.3. The standard InChI is InChI=1S/C18H21FN4O2S/c1-2-14-20-18-23(21-14)17(25)16(26-18)15(11-4-3-5-12(19)10-11)22-8-6-13(24)7-9-22/h3-5,10,13,15,24-25H,2,6-9H2,1H3/t15-/m1/s1. The fourth-order valence-corrected chi connectivity index (χ4v) is 4.60. The first-order chi connectivity index (χ1) is 12.6. The van der Waals surface area contributed by atoms with Gasteiger partial charge in [-0.05, 0) is 30.5 Å². The third kappa shape index (κ3) is 3.08. The van der Waals surface area contributed by atoms with Crippen molar-refractivity contribution in [2.45, 2.75) is 38.3 Å². The Morgan fingerprint density at radius 2 is 2.12 bits per heavy atom. The van der Waals surface area contributed by atoms with Crippen molar-refractivity contribution in [3.05, 3.63) is 46.3 Å². The molecule has 2 aromatic heterocycles. The maximum absolute atomic E-state index is 13.9. The molecular weight excluding hydrogens is 355 g/mol. The lowest BCUT2D eigenvalue weighted by Crippen LogP contribution is -2.38. The number of hydrogen-bond acceptors (Lipinski definition) is 6. The molecule has 4 rings (SSSR count). The van der Waals surface area contributed by atoms with Crippen LogP contribution in [0.3, 0.4) is 0 Å². The lowest BCUT2D eigenvalue weighted by molar-refractivity contribution is 0.0689. The van der Waals surface area contributed by atoms with Crippen LogP contribution < -0.4 is 0 Å². The molecule has 1 aromatic carbocycles. The van der Waals surface area contributed by atoms with Gasteiger partial charge in [0.1, 0.15) is 5.82 Å². The Bertz CT molecular complexity index is 917. The molecule has 0 unspecified atom stereocenters. The van der Waals surface area contributed by atoms with Gasteiger partial charge in [-0.3, -0.25) is 4.90 Å². The molecule has 3 heterocycles. The van der Waals surface area contributed by atoms with Crippen molar-refractivity contribution in [1.29, 1.82) is 0 Å².